The molecule has 0 bridgehead atoms. The summed E-state index contributed by atoms with van der Waals surface area (Å²) in [5.74, 6) is -1.10. The lowest BCUT2D eigenvalue weighted by atomic mass is 10.1. The van der Waals surface area contributed by atoms with Gasteiger partial charge in [0.15, 0.2) is 6.61 Å². The zero-order valence-electron chi connectivity index (χ0n) is 15.6. The summed E-state index contributed by atoms with van der Waals surface area (Å²) in [6.45, 7) is -3.05. The van der Waals surface area contributed by atoms with E-state index in [2.05, 4.69) is 25.6 Å². The average molecular weight is 417 g/mol. The first-order chi connectivity index (χ1) is 14.5. The molecule has 30 heavy (non-hydrogen) atoms. The van der Waals surface area contributed by atoms with Crippen molar-refractivity contribution < 1.29 is 27.8 Å². The molecule has 11 heteroatoms. The maximum Gasteiger partial charge on any atom is 0.387 e. The van der Waals surface area contributed by atoms with Crippen LogP contribution in [0.2, 0.25) is 0 Å². The van der Waals surface area contributed by atoms with Crippen molar-refractivity contribution in [2.24, 2.45) is 0 Å². The molecule has 1 amide bonds. The highest BCUT2D eigenvalue weighted by Gasteiger charge is 2.16. The standard InChI is InChI=1S/C19H17F2N5O4/c20-19(21)30-14-7-5-13(6-8-14)9-10-22-17(27)11-29-18(28)15-3-1-2-4-16(15)26-12-23-24-25-26/h1-8,12,19H,9-11H2,(H,22,27). The Labute approximate surface area is 169 Å². The lowest BCUT2D eigenvalue weighted by molar-refractivity contribution is -0.124. The van der Waals surface area contributed by atoms with Crippen LogP contribution in [-0.4, -0.2) is 51.8 Å². The highest BCUT2D eigenvalue weighted by Crippen LogP contribution is 2.15. The van der Waals surface area contributed by atoms with Crippen LogP contribution in [0.15, 0.2) is 54.9 Å². The maximum absolute atomic E-state index is 12.3. The molecule has 156 valence electrons. The van der Waals surface area contributed by atoms with Crippen molar-refractivity contribution in [3.63, 3.8) is 0 Å². The molecule has 0 saturated carbocycles. The Morgan fingerprint density at radius 2 is 1.87 bits per heavy atom. The van der Waals surface area contributed by atoms with Crippen LogP contribution in [0.25, 0.3) is 5.69 Å². The molecule has 0 fully saturated rings. The molecule has 0 saturated heterocycles. The predicted octanol–water partition coefficient (Wildman–Crippen LogP) is 1.78. The number of alkyl halides is 2. The Morgan fingerprint density at radius 3 is 2.57 bits per heavy atom. The SMILES string of the molecule is O=C(COC(=O)c1ccccc1-n1cnnn1)NCCc1ccc(OC(F)F)cc1. The van der Waals surface area contributed by atoms with Crippen molar-refractivity contribution in [2.75, 3.05) is 13.2 Å². The number of esters is 1. The maximum atomic E-state index is 12.3. The lowest BCUT2D eigenvalue weighted by Gasteiger charge is -2.09. The third-order valence-corrected chi connectivity index (χ3v) is 3.94. The number of halogens is 2. The number of nitrogens with one attached hydrogen (secondary N) is 1. The van der Waals surface area contributed by atoms with Crippen LogP contribution in [0.4, 0.5) is 8.78 Å². The van der Waals surface area contributed by atoms with Gasteiger partial charge in [-0.25, -0.2) is 4.79 Å². The molecule has 1 heterocycles. The molecule has 0 atom stereocenters. The summed E-state index contributed by atoms with van der Waals surface area (Å²) in [7, 11) is 0. The number of tetrazole rings is 1. The third-order valence-electron chi connectivity index (χ3n) is 3.94. The molecular weight excluding hydrogens is 400 g/mol. The van der Waals surface area contributed by atoms with Gasteiger partial charge in [-0.2, -0.15) is 13.5 Å². The van der Waals surface area contributed by atoms with E-state index in [9.17, 15) is 18.4 Å². The van der Waals surface area contributed by atoms with E-state index < -0.39 is 25.1 Å². The number of hydrogen-bond acceptors (Lipinski definition) is 7. The van der Waals surface area contributed by atoms with E-state index >= 15 is 0 Å². The van der Waals surface area contributed by atoms with Crippen molar-refractivity contribution in [1.82, 2.24) is 25.5 Å². The fourth-order valence-corrected chi connectivity index (χ4v) is 2.56. The third kappa shape index (κ3) is 5.80. The Hall–Kier alpha value is -3.89. The molecular formula is C19H17F2N5O4. The van der Waals surface area contributed by atoms with Crippen molar-refractivity contribution in [2.45, 2.75) is 13.0 Å². The van der Waals surface area contributed by atoms with E-state index in [1.807, 2.05) is 0 Å². The Morgan fingerprint density at radius 1 is 1.10 bits per heavy atom. The highest BCUT2D eigenvalue weighted by atomic mass is 19.3. The normalized spacial score (nSPS) is 10.6. The molecule has 2 aromatic carbocycles. The first-order valence-corrected chi connectivity index (χ1v) is 8.83. The predicted molar refractivity (Wildman–Crippen MR) is 99.2 cm³/mol. The molecule has 9 nitrogen and oxygen atoms in total. The molecule has 3 aromatic rings. The molecule has 1 aromatic heterocycles. The van der Waals surface area contributed by atoms with Crippen molar-refractivity contribution in [3.05, 3.63) is 66.0 Å². The molecule has 0 aliphatic carbocycles. The number of carbonyl (C=O) groups is 2. The quantitative estimate of drug-likeness (QED) is 0.529. The number of carbonyl (C=O) groups excluding carboxylic acids is 2. The van der Waals surface area contributed by atoms with Gasteiger partial charge in [0.25, 0.3) is 5.91 Å². The van der Waals surface area contributed by atoms with E-state index in [0.29, 0.717) is 12.1 Å². The molecule has 0 aliphatic heterocycles. The molecule has 0 aliphatic rings. The summed E-state index contributed by atoms with van der Waals surface area (Å²) in [5.41, 5.74) is 1.46. The number of nitrogens with zero attached hydrogens (tertiary/aromatic N) is 4. The van der Waals surface area contributed by atoms with Gasteiger partial charge in [0, 0.05) is 6.54 Å². The highest BCUT2D eigenvalue weighted by molar-refractivity contribution is 5.94. The first-order valence-electron chi connectivity index (χ1n) is 8.83. The van der Waals surface area contributed by atoms with Crippen molar-refractivity contribution in [1.29, 1.82) is 0 Å². The number of aromatic nitrogens is 4. The number of benzene rings is 2. The lowest BCUT2D eigenvalue weighted by Crippen LogP contribution is -2.30. The van der Waals surface area contributed by atoms with Crippen LogP contribution in [0.1, 0.15) is 15.9 Å². The van der Waals surface area contributed by atoms with Gasteiger partial charge < -0.3 is 14.8 Å². The minimum atomic E-state index is -2.88. The van der Waals surface area contributed by atoms with Crippen LogP contribution >= 0.6 is 0 Å². The van der Waals surface area contributed by atoms with Crippen LogP contribution in [0.5, 0.6) is 5.75 Å². The van der Waals surface area contributed by atoms with Gasteiger partial charge in [-0.3, -0.25) is 4.79 Å². The summed E-state index contributed by atoms with van der Waals surface area (Å²) in [6, 6.07) is 12.7. The van der Waals surface area contributed by atoms with Crippen molar-refractivity contribution >= 4 is 11.9 Å². The zero-order chi connectivity index (χ0) is 21.3. The summed E-state index contributed by atoms with van der Waals surface area (Å²) in [5, 5.41) is 13.4. The van der Waals surface area contributed by atoms with E-state index in [4.69, 9.17) is 4.74 Å². The van der Waals surface area contributed by atoms with Crippen molar-refractivity contribution in [3.8, 4) is 11.4 Å². The van der Waals surface area contributed by atoms with E-state index in [-0.39, 0.29) is 17.9 Å². The van der Waals surface area contributed by atoms with E-state index in [1.54, 1.807) is 36.4 Å². The van der Waals surface area contributed by atoms with Gasteiger partial charge in [-0.05, 0) is 46.7 Å². The Bertz CT molecular complexity index is 981. The number of ether oxygens (including phenoxy) is 2. The Balaban J connectivity index is 1.45. The minimum Gasteiger partial charge on any atom is -0.452 e. The van der Waals surface area contributed by atoms with Crippen LogP contribution in [0, 0.1) is 0 Å². The van der Waals surface area contributed by atoms with Crippen LogP contribution in [-0.2, 0) is 16.0 Å². The monoisotopic (exact) mass is 417 g/mol. The Kier molecular flexibility index (Phi) is 6.98. The fraction of sp³-hybridized carbons (Fsp3) is 0.211. The van der Waals surface area contributed by atoms with E-state index in [0.717, 1.165) is 5.56 Å². The molecule has 3 rings (SSSR count). The van der Waals surface area contributed by atoms with Gasteiger partial charge in [0.1, 0.15) is 12.1 Å². The summed E-state index contributed by atoms with van der Waals surface area (Å²) in [6.07, 6.45) is 1.81. The minimum absolute atomic E-state index is 0.0617. The summed E-state index contributed by atoms with van der Waals surface area (Å²) in [4.78, 5) is 24.2. The second-order valence-corrected chi connectivity index (χ2v) is 5.97. The number of rotatable bonds is 9. The van der Waals surface area contributed by atoms with Gasteiger partial charge in [-0.1, -0.05) is 24.3 Å². The second kappa shape index (κ2) is 10.0. The van der Waals surface area contributed by atoms with Gasteiger partial charge in [-0.15, -0.1) is 5.10 Å². The second-order valence-electron chi connectivity index (χ2n) is 5.97. The molecule has 0 unspecified atom stereocenters. The molecule has 0 spiro atoms. The average Bonchev–Trinajstić information content (AvgIpc) is 3.28. The van der Waals surface area contributed by atoms with Crippen LogP contribution in [0.3, 0.4) is 0 Å². The number of hydrogen-bond donors (Lipinski definition) is 1. The number of para-hydroxylation sites is 1. The van der Waals surface area contributed by atoms with E-state index in [1.165, 1.54) is 23.1 Å². The first kappa shape index (κ1) is 20.8. The molecule has 0 radical (unpaired) electrons. The summed E-state index contributed by atoms with van der Waals surface area (Å²) < 4.78 is 34.9. The topological polar surface area (TPSA) is 108 Å². The van der Waals surface area contributed by atoms with Gasteiger partial charge in [0.05, 0.1) is 11.3 Å². The molecule has 1 N–H and O–H groups in total. The number of amides is 1. The van der Waals surface area contributed by atoms with Gasteiger partial charge in [0.2, 0.25) is 0 Å². The van der Waals surface area contributed by atoms with Gasteiger partial charge >= 0.3 is 12.6 Å². The smallest absolute Gasteiger partial charge is 0.387 e. The summed E-state index contributed by atoms with van der Waals surface area (Å²) >= 11 is 0. The fourth-order valence-electron chi connectivity index (χ4n) is 2.56. The zero-order valence-corrected chi connectivity index (χ0v) is 15.6. The largest absolute Gasteiger partial charge is 0.452 e. The van der Waals surface area contributed by atoms with Crippen LogP contribution < -0.4 is 10.1 Å².